The molecule has 0 spiro atoms. The van der Waals surface area contributed by atoms with Crippen molar-refractivity contribution in [1.29, 1.82) is 0 Å². The second-order valence-corrected chi connectivity index (χ2v) is 2.68. The summed E-state index contributed by atoms with van der Waals surface area (Å²) in [7, 11) is -2.35. The molecule has 42 valence electrons. The van der Waals surface area contributed by atoms with Crippen LogP contribution in [0.5, 0.6) is 0 Å². The van der Waals surface area contributed by atoms with Crippen LogP contribution in [0, 0.1) is 0 Å². The van der Waals surface area contributed by atoms with E-state index in [1.54, 1.807) is 19.9 Å². The van der Waals surface area contributed by atoms with Gasteiger partial charge in [-0.1, -0.05) is 6.08 Å². The highest BCUT2D eigenvalue weighted by Crippen LogP contribution is 2.24. The molecule has 0 saturated carbocycles. The fraction of sp³-hybridized carbons (Fsp3) is 0.500. The van der Waals surface area contributed by atoms with E-state index in [-0.39, 0.29) is 0 Å². The quantitative estimate of drug-likeness (QED) is 0.530. The molecule has 0 heterocycles. The van der Waals surface area contributed by atoms with Crippen molar-refractivity contribution >= 4 is 8.03 Å². The normalized spacial score (nSPS) is 16.7. The average Bonchev–Trinajstić information content (AvgIpc) is 1.65. The number of hydrogen-bond acceptors (Lipinski definition) is 1. The summed E-state index contributed by atoms with van der Waals surface area (Å²) in [6.45, 7) is 3.38. The number of allylic oxidation sites excluding steroid dienone is 2. The van der Waals surface area contributed by atoms with Gasteiger partial charge in [-0.25, -0.2) is 0 Å². The monoisotopic (exact) mass is 120 g/mol. The van der Waals surface area contributed by atoms with Crippen molar-refractivity contribution in [1.82, 2.24) is 0 Å². The topological polar surface area (TPSA) is 37.3 Å². The lowest BCUT2D eigenvalue weighted by Crippen LogP contribution is -1.59. The molecule has 0 saturated heterocycles. The van der Waals surface area contributed by atoms with E-state index in [0.29, 0.717) is 5.31 Å². The molecule has 1 unspecified atom stereocenters. The lowest BCUT2D eigenvalue weighted by atomic mass is 10.6. The second kappa shape index (κ2) is 3.00. The molecule has 0 fully saturated rings. The first-order valence-corrected chi connectivity index (χ1v) is 3.40. The number of rotatable bonds is 1. The molecule has 0 aromatic heterocycles. The summed E-state index contributed by atoms with van der Waals surface area (Å²) in [5, 5.41) is 0.574. The third-order valence-electron chi connectivity index (χ3n) is 0.770. The lowest BCUT2D eigenvalue weighted by Gasteiger charge is -1.86. The van der Waals surface area contributed by atoms with Crippen LogP contribution < -0.4 is 0 Å². The zero-order valence-electron chi connectivity index (χ0n) is 4.43. The molecular formula is C4H9O2P. The Morgan fingerprint density at radius 1 is 1.86 bits per heavy atom. The Hall–Kier alpha value is -0.0700. The summed E-state index contributed by atoms with van der Waals surface area (Å²) in [5.74, 6) is 0. The summed E-state index contributed by atoms with van der Waals surface area (Å²) in [6.07, 6.45) is 1.64. The molecule has 0 amide bonds. The maximum Gasteiger partial charge on any atom is 0.213 e. The van der Waals surface area contributed by atoms with Gasteiger partial charge in [0.15, 0.2) is 0 Å². The zero-order valence-corrected chi connectivity index (χ0v) is 5.43. The van der Waals surface area contributed by atoms with E-state index in [1.807, 2.05) is 0 Å². The van der Waals surface area contributed by atoms with Crippen molar-refractivity contribution in [2.75, 3.05) is 0 Å². The maximum atomic E-state index is 10.0. The standard InChI is InChI=1S/C4H9O2P/c1-3-4(2)7(5)6/h3,7H,1-2H3,(H,5,6)/b4-3+. The summed E-state index contributed by atoms with van der Waals surface area (Å²) in [4.78, 5) is 8.30. The van der Waals surface area contributed by atoms with Crippen LogP contribution in [0.25, 0.3) is 0 Å². The fourth-order valence-corrected chi connectivity index (χ4v) is 0.370. The predicted octanol–water partition coefficient (Wildman–Crippen LogP) is 1.38. The van der Waals surface area contributed by atoms with Crippen molar-refractivity contribution in [2.45, 2.75) is 13.8 Å². The van der Waals surface area contributed by atoms with E-state index in [2.05, 4.69) is 0 Å². The van der Waals surface area contributed by atoms with Crippen LogP contribution in [0.2, 0.25) is 0 Å². The highest BCUT2D eigenvalue weighted by molar-refractivity contribution is 7.43. The Labute approximate surface area is 43.7 Å². The Morgan fingerprint density at radius 3 is 2.29 bits per heavy atom. The first-order valence-electron chi connectivity index (χ1n) is 2.04. The van der Waals surface area contributed by atoms with Gasteiger partial charge < -0.3 is 4.89 Å². The third kappa shape index (κ3) is 2.60. The summed E-state index contributed by atoms with van der Waals surface area (Å²) < 4.78 is 10.0. The number of hydrogen-bond donors (Lipinski definition) is 1. The minimum Gasteiger partial charge on any atom is -0.343 e. The lowest BCUT2D eigenvalue weighted by molar-refractivity contribution is 0.509. The predicted molar refractivity (Wildman–Crippen MR) is 30.7 cm³/mol. The Bertz CT molecular complexity index is 106. The van der Waals surface area contributed by atoms with E-state index in [0.717, 1.165) is 0 Å². The summed E-state index contributed by atoms with van der Waals surface area (Å²) >= 11 is 0. The second-order valence-electron chi connectivity index (χ2n) is 1.28. The van der Waals surface area contributed by atoms with E-state index >= 15 is 0 Å². The van der Waals surface area contributed by atoms with Crippen molar-refractivity contribution in [3.05, 3.63) is 11.4 Å². The first kappa shape index (κ1) is 6.93. The van der Waals surface area contributed by atoms with Crippen LogP contribution in [0.3, 0.4) is 0 Å². The van der Waals surface area contributed by atoms with Crippen molar-refractivity contribution in [2.24, 2.45) is 0 Å². The van der Waals surface area contributed by atoms with Crippen molar-refractivity contribution < 1.29 is 9.46 Å². The van der Waals surface area contributed by atoms with Gasteiger partial charge in [0.2, 0.25) is 8.03 Å². The Balaban J connectivity index is 3.82. The molecule has 0 bridgehead atoms. The molecule has 1 N–H and O–H groups in total. The molecular weight excluding hydrogens is 111 g/mol. The SMILES string of the molecule is C/C=C(\C)[PH](=O)O. The molecule has 0 aromatic rings. The van der Waals surface area contributed by atoms with E-state index < -0.39 is 8.03 Å². The van der Waals surface area contributed by atoms with Crippen LogP contribution in [0.4, 0.5) is 0 Å². The van der Waals surface area contributed by atoms with Gasteiger partial charge in [-0.15, -0.1) is 0 Å². The van der Waals surface area contributed by atoms with Gasteiger partial charge >= 0.3 is 0 Å². The average molecular weight is 120 g/mol. The largest absolute Gasteiger partial charge is 0.343 e. The highest BCUT2D eigenvalue weighted by atomic mass is 31.1. The van der Waals surface area contributed by atoms with Crippen LogP contribution >= 0.6 is 8.03 Å². The minimum absolute atomic E-state index is 0.574. The van der Waals surface area contributed by atoms with Gasteiger partial charge in [0.1, 0.15) is 0 Å². The molecule has 0 radical (unpaired) electrons. The van der Waals surface area contributed by atoms with E-state index in [4.69, 9.17) is 4.89 Å². The summed E-state index contributed by atoms with van der Waals surface area (Å²) in [5.41, 5.74) is 0. The first-order chi connectivity index (χ1) is 3.18. The van der Waals surface area contributed by atoms with Gasteiger partial charge in [-0.05, 0) is 13.8 Å². The van der Waals surface area contributed by atoms with Crippen molar-refractivity contribution in [3.8, 4) is 0 Å². The molecule has 0 rings (SSSR count). The third-order valence-corrected chi connectivity index (χ3v) is 1.73. The van der Waals surface area contributed by atoms with E-state index in [9.17, 15) is 4.57 Å². The zero-order chi connectivity index (χ0) is 5.86. The van der Waals surface area contributed by atoms with Crippen LogP contribution in [0.1, 0.15) is 13.8 Å². The Kier molecular flexibility index (Phi) is 2.97. The smallest absolute Gasteiger partial charge is 0.213 e. The van der Waals surface area contributed by atoms with E-state index in [1.165, 1.54) is 0 Å². The fourth-order valence-electron chi connectivity index (χ4n) is 0.123. The molecule has 2 nitrogen and oxygen atoms in total. The van der Waals surface area contributed by atoms with Gasteiger partial charge in [0.05, 0.1) is 0 Å². The molecule has 0 aliphatic carbocycles. The highest BCUT2D eigenvalue weighted by Gasteiger charge is 1.89. The summed E-state index contributed by atoms with van der Waals surface area (Å²) in [6, 6.07) is 0. The van der Waals surface area contributed by atoms with Crippen LogP contribution in [-0.2, 0) is 4.57 Å². The molecule has 1 atom stereocenters. The molecule has 0 aliphatic heterocycles. The van der Waals surface area contributed by atoms with Gasteiger partial charge in [0.25, 0.3) is 0 Å². The molecule has 3 heteroatoms. The van der Waals surface area contributed by atoms with Gasteiger partial charge in [-0.2, -0.15) is 0 Å². The molecule has 0 aromatic carbocycles. The maximum absolute atomic E-state index is 10.0. The Morgan fingerprint density at radius 2 is 2.29 bits per heavy atom. The molecule has 0 aliphatic rings. The minimum atomic E-state index is -2.35. The molecule has 7 heavy (non-hydrogen) atoms. The van der Waals surface area contributed by atoms with Crippen LogP contribution in [0.15, 0.2) is 11.4 Å². The van der Waals surface area contributed by atoms with Crippen molar-refractivity contribution in [3.63, 3.8) is 0 Å². The van der Waals surface area contributed by atoms with Gasteiger partial charge in [0, 0.05) is 5.31 Å². The van der Waals surface area contributed by atoms with Gasteiger partial charge in [-0.3, -0.25) is 4.57 Å². The van der Waals surface area contributed by atoms with Crippen LogP contribution in [-0.4, -0.2) is 4.89 Å².